The number of imide groups is 1. The van der Waals surface area contributed by atoms with Crippen molar-refractivity contribution >= 4 is 40.4 Å². The molecule has 0 spiro atoms. The van der Waals surface area contributed by atoms with Crippen LogP contribution in [0.4, 0.5) is 11.4 Å². The Morgan fingerprint density at radius 3 is 2.25 bits per heavy atom. The van der Waals surface area contributed by atoms with Crippen LogP contribution in [0.2, 0.25) is 5.02 Å². The highest BCUT2D eigenvalue weighted by Gasteiger charge is 2.41. The van der Waals surface area contributed by atoms with Gasteiger partial charge in [0.1, 0.15) is 17.2 Å². The van der Waals surface area contributed by atoms with E-state index in [4.69, 9.17) is 21.1 Å². The SMILES string of the molecule is COc1ccc(NC2=C(c3ccccc3OC)C(=O)N(c3ccc(C)c(Cl)c3)C2=O)cc1. The number of carbonyl (C=O) groups excluding carboxylic acids is 2. The average Bonchev–Trinajstić information content (AvgIpc) is 3.05. The van der Waals surface area contributed by atoms with E-state index in [1.54, 1.807) is 73.8 Å². The maximum atomic E-state index is 13.6. The van der Waals surface area contributed by atoms with Crippen molar-refractivity contribution in [3.63, 3.8) is 0 Å². The molecule has 0 aliphatic carbocycles. The van der Waals surface area contributed by atoms with Gasteiger partial charge in [-0.2, -0.15) is 0 Å². The Morgan fingerprint density at radius 1 is 0.875 bits per heavy atom. The number of nitrogens with one attached hydrogen (secondary N) is 1. The van der Waals surface area contributed by atoms with Crippen LogP contribution in [-0.4, -0.2) is 26.0 Å². The van der Waals surface area contributed by atoms with E-state index < -0.39 is 11.8 Å². The summed E-state index contributed by atoms with van der Waals surface area (Å²) in [4.78, 5) is 28.2. The molecule has 1 N–H and O–H groups in total. The maximum absolute atomic E-state index is 13.6. The van der Waals surface area contributed by atoms with Gasteiger partial charge in [0.2, 0.25) is 0 Å². The quantitative estimate of drug-likeness (QED) is 0.534. The predicted molar refractivity (Wildman–Crippen MR) is 125 cm³/mol. The van der Waals surface area contributed by atoms with Gasteiger partial charge in [-0.15, -0.1) is 0 Å². The lowest BCUT2D eigenvalue weighted by Crippen LogP contribution is -2.32. The van der Waals surface area contributed by atoms with Crippen LogP contribution in [0.5, 0.6) is 11.5 Å². The molecule has 0 unspecified atom stereocenters. The molecule has 162 valence electrons. The van der Waals surface area contributed by atoms with Crippen molar-refractivity contribution in [2.45, 2.75) is 6.92 Å². The van der Waals surface area contributed by atoms with Gasteiger partial charge < -0.3 is 14.8 Å². The molecule has 32 heavy (non-hydrogen) atoms. The van der Waals surface area contributed by atoms with Gasteiger partial charge >= 0.3 is 0 Å². The zero-order valence-corrected chi connectivity index (χ0v) is 18.6. The minimum absolute atomic E-state index is 0.154. The lowest BCUT2D eigenvalue weighted by molar-refractivity contribution is -0.120. The molecular formula is C25H21ClN2O4. The molecule has 0 fully saturated rings. The van der Waals surface area contributed by atoms with Gasteiger partial charge in [0.25, 0.3) is 11.8 Å². The normalized spacial score (nSPS) is 13.6. The second-order valence-corrected chi connectivity index (χ2v) is 7.59. The largest absolute Gasteiger partial charge is 0.497 e. The second kappa shape index (κ2) is 8.77. The summed E-state index contributed by atoms with van der Waals surface area (Å²) in [6.45, 7) is 1.86. The number of halogens is 1. The van der Waals surface area contributed by atoms with Gasteiger partial charge in [-0.1, -0.05) is 35.9 Å². The van der Waals surface area contributed by atoms with Crippen molar-refractivity contribution < 1.29 is 19.1 Å². The summed E-state index contributed by atoms with van der Waals surface area (Å²) in [6.07, 6.45) is 0. The van der Waals surface area contributed by atoms with E-state index in [1.165, 1.54) is 7.11 Å². The van der Waals surface area contributed by atoms with Gasteiger partial charge in [-0.25, -0.2) is 4.90 Å². The Labute approximate surface area is 191 Å². The first-order valence-corrected chi connectivity index (χ1v) is 10.3. The molecule has 0 aromatic heterocycles. The lowest BCUT2D eigenvalue weighted by atomic mass is 10.0. The molecule has 7 heteroatoms. The molecule has 6 nitrogen and oxygen atoms in total. The third-order valence-electron chi connectivity index (χ3n) is 5.23. The number of methoxy groups -OCH3 is 2. The van der Waals surface area contributed by atoms with Crippen LogP contribution in [0, 0.1) is 6.92 Å². The van der Waals surface area contributed by atoms with Crippen molar-refractivity contribution in [1.82, 2.24) is 0 Å². The monoisotopic (exact) mass is 448 g/mol. The number of hydrogen-bond donors (Lipinski definition) is 1. The van der Waals surface area contributed by atoms with E-state index >= 15 is 0 Å². The van der Waals surface area contributed by atoms with Crippen molar-refractivity contribution in [3.8, 4) is 11.5 Å². The topological polar surface area (TPSA) is 67.9 Å². The van der Waals surface area contributed by atoms with E-state index in [0.717, 1.165) is 10.5 Å². The number of amides is 2. The Hall–Kier alpha value is -3.77. The van der Waals surface area contributed by atoms with Gasteiger partial charge in [0, 0.05) is 16.3 Å². The van der Waals surface area contributed by atoms with Crippen molar-refractivity contribution in [2.75, 3.05) is 24.4 Å². The van der Waals surface area contributed by atoms with E-state index in [1.807, 2.05) is 6.92 Å². The van der Waals surface area contributed by atoms with Crippen LogP contribution in [0.1, 0.15) is 11.1 Å². The lowest BCUT2D eigenvalue weighted by Gasteiger charge is -2.16. The molecule has 0 atom stereocenters. The summed E-state index contributed by atoms with van der Waals surface area (Å²) in [7, 11) is 3.10. The summed E-state index contributed by atoms with van der Waals surface area (Å²) in [6, 6.07) is 19.3. The van der Waals surface area contributed by atoms with Crippen molar-refractivity contribution in [1.29, 1.82) is 0 Å². The molecule has 0 saturated carbocycles. The van der Waals surface area contributed by atoms with Crippen LogP contribution in [0.25, 0.3) is 5.57 Å². The molecule has 1 aliphatic rings. The van der Waals surface area contributed by atoms with E-state index in [0.29, 0.717) is 33.5 Å². The average molecular weight is 449 g/mol. The fraction of sp³-hybridized carbons (Fsp3) is 0.120. The summed E-state index contributed by atoms with van der Waals surface area (Å²) in [5.74, 6) is 0.225. The zero-order chi connectivity index (χ0) is 22.8. The van der Waals surface area contributed by atoms with E-state index in [9.17, 15) is 9.59 Å². The van der Waals surface area contributed by atoms with Crippen LogP contribution >= 0.6 is 11.6 Å². The van der Waals surface area contributed by atoms with E-state index in [2.05, 4.69) is 5.32 Å². The first kappa shape index (κ1) is 21.5. The van der Waals surface area contributed by atoms with E-state index in [-0.39, 0.29) is 11.3 Å². The molecule has 3 aromatic carbocycles. The molecule has 1 heterocycles. The number of aryl methyl sites for hydroxylation is 1. The highest BCUT2D eigenvalue weighted by Crippen LogP contribution is 2.38. The van der Waals surface area contributed by atoms with Crippen molar-refractivity contribution in [2.24, 2.45) is 0 Å². The Bertz CT molecular complexity index is 1230. The molecule has 3 aromatic rings. The van der Waals surface area contributed by atoms with Crippen LogP contribution in [0.15, 0.2) is 72.4 Å². The van der Waals surface area contributed by atoms with Gasteiger partial charge in [0.15, 0.2) is 0 Å². The minimum Gasteiger partial charge on any atom is -0.497 e. The smallest absolute Gasteiger partial charge is 0.282 e. The molecule has 1 aliphatic heterocycles. The van der Waals surface area contributed by atoms with Crippen LogP contribution < -0.4 is 19.7 Å². The zero-order valence-electron chi connectivity index (χ0n) is 17.8. The Kier molecular flexibility index (Phi) is 5.88. The number of hydrogen-bond acceptors (Lipinski definition) is 5. The predicted octanol–water partition coefficient (Wildman–Crippen LogP) is 5.06. The molecule has 2 amide bonds. The van der Waals surface area contributed by atoms with Crippen LogP contribution in [0.3, 0.4) is 0 Å². The number of benzene rings is 3. The highest BCUT2D eigenvalue weighted by atomic mass is 35.5. The summed E-state index contributed by atoms with van der Waals surface area (Å²) in [5.41, 5.74) is 2.78. The molecule has 0 radical (unpaired) electrons. The highest BCUT2D eigenvalue weighted by molar-refractivity contribution is 6.46. The first-order chi connectivity index (χ1) is 15.4. The number of ether oxygens (including phenoxy) is 2. The second-order valence-electron chi connectivity index (χ2n) is 7.18. The van der Waals surface area contributed by atoms with Crippen molar-refractivity contribution in [3.05, 3.63) is 88.6 Å². The first-order valence-electron chi connectivity index (χ1n) is 9.88. The standard InChI is InChI=1S/C25H21ClN2O4/c1-15-8-11-17(14-20(15)26)28-24(29)22(19-6-4-5-7-21(19)32-3)23(25(28)30)27-16-9-12-18(31-2)13-10-16/h4-14,27H,1-3H3. The molecular weight excluding hydrogens is 428 g/mol. The third kappa shape index (κ3) is 3.81. The number of rotatable bonds is 6. The number of nitrogens with zero attached hydrogens (tertiary/aromatic N) is 1. The number of carbonyl (C=O) groups is 2. The summed E-state index contributed by atoms with van der Waals surface area (Å²) in [5, 5.41) is 3.59. The van der Waals surface area contributed by atoms with Gasteiger partial charge in [-0.3, -0.25) is 9.59 Å². The Balaban J connectivity index is 1.84. The summed E-state index contributed by atoms with van der Waals surface area (Å²) >= 11 is 6.27. The molecule has 0 saturated heterocycles. The fourth-order valence-corrected chi connectivity index (χ4v) is 3.70. The molecule has 4 rings (SSSR count). The number of anilines is 2. The maximum Gasteiger partial charge on any atom is 0.282 e. The Morgan fingerprint density at radius 2 is 1.59 bits per heavy atom. The van der Waals surface area contributed by atoms with Crippen LogP contribution in [-0.2, 0) is 9.59 Å². The number of para-hydroxylation sites is 1. The molecule has 0 bridgehead atoms. The van der Waals surface area contributed by atoms with Gasteiger partial charge in [0.05, 0.1) is 25.5 Å². The summed E-state index contributed by atoms with van der Waals surface area (Å²) < 4.78 is 10.7. The minimum atomic E-state index is -0.480. The fourth-order valence-electron chi connectivity index (χ4n) is 3.52. The third-order valence-corrected chi connectivity index (χ3v) is 5.64. The van der Waals surface area contributed by atoms with Gasteiger partial charge in [-0.05, 0) is 55.0 Å².